The van der Waals surface area contributed by atoms with E-state index in [1.54, 1.807) is 18.7 Å². The van der Waals surface area contributed by atoms with Crippen LogP contribution in [0.25, 0.3) is 0 Å². The number of hydrogen-bond donors (Lipinski definition) is 3. The van der Waals surface area contributed by atoms with Crippen molar-refractivity contribution in [3.63, 3.8) is 0 Å². The van der Waals surface area contributed by atoms with Gasteiger partial charge in [-0.05, 0) is 101 Å². The number of carbonyl (C=O) groups excluding carboxylic acids is 1. The molecule has 38 heavy (non-hydrogen) atoms. The number of aliphatic hydroxyl groups excluding tert-OH is 3. The van der Waals surface area contributed by atoms with Gasteiger partial charge in [-0.1, -0.05) is 50.3 Å². The van der Waals surface area contributed by atoms with Crippen LogP contribution in [-0.4, -0.2) is 63.3 Å². The van der Waals surface area contributed by atoms with Crippen molar-refractivity contribution in [2.75, 3.05) is 13.1 Å². The first kappa shape index (κ1) is 30.6. The summed E-state index contributed by atoms with van der Waals surface area (Å²) in [7, 11) is 0. The van der Waals surface area contributed by atoms with Gasteiger partial charge in [0.1, 0.15) is 11.7 Å². The third-order valence-corrected chi connectivity index (χ3v) is 9.62. The Balaban J connectivity index is 1.69. The van der Waals surface area contributed by atoms with E-state index in [1.165, 1.54) is 12.0 Å². The van der Waals surface area contributed by atoms with Gasteiger partial charge in [-0.2, -0.15) is 0 Å². The van der Waals surface area contributed by atoms with Crippen LogP contribution in [0.5, 0.6) is 0 Å². The van der Waals surface area contributed by atoms with Crippen LogP contribution in [0.15, 0.2) is 47.6 Å². The van der Waals surface area contributed by atoms with Crippen molar-refractivity contribution < 1.29 is 24.9 Å². The molecule has 214 valence electrons. The van der Waals surface area contributed by atoms with E-state index < -0.39 is 30.0 Å². The van der Waals surface area contributed by atoms with Crippen LogP contribution in [0.3, 0.4) is 0 Å². The molecule has 3 fully saturated rings. The van der Waals surface area contributed by atoms with E-state index >= 15 is 0 Å². The highest BCUT2D eigenvalue weighted by molar-refractivity contribution is 5.68. The molecule has 0 unspecified atom stereocenters. The van der Waals surface area contributed by atoms with Gasteiger partial charge in [-0.15, -0.1) is 0 Å². The van der Waals surface area contributed by atoms with E-state index in [1.807, 2.05) is 19.9 Å². The molecule has 0 heterocycles. The second kappa shape index (κ2) is 12.5. The van der Waals surface area contributed by atoms with Crippen LogP contribution in [0, 0.1) is 23.2 Å². The highest BCUT2D eigenvalue weighted by Crippen LogP contribution is 2.59. The van der Waals surface area contributed by atoms with Crippen molar-refractivity contribution in [1.82, 2.24) is 4.90 Å². The summed E-state index contributed by atoms with van der Waals surface area (Å²) < 4.78 is 5.65. The molecule has 6 nitrogen and oxygen atoms in total. The Morgan fingerprint density at radius 3 is 2.55 bits per heavy atom. The average Bonchev–Trinajstić information content (AvgIpc) is 3.21. The van der Waals surface area contributed by atoms with Gasteiger partial charge < -0.3 is 25.0 Å². The minimum atomic E-state index is -1.02. The maximum absolute atomic E-state index is 12.4. The summed E-state index contributed by atoms with van der Waals surface area (Å²) in [6.45, 7) is 17.2. The topological polar surface area (TPSA) is 90.2 Å². The maximum atomic E-state index is 12.4. The summed E-state index contributed by atoms with van der Waals surface area (Å²) in [6, 6.07) is 0. The Morgan fingerprint density at radius 2 is 1.89 bits per heavy atom. The standard InChI is InChI=1S/C32H51NO5/c1-8-33(9-2)30(37)38-31(5,6)29(36)17-12-21(3)26-15-16-27-23(11-10-18-32(26,27)7)13-14-24-19-25(34)20-28(35)22(24)4/h12-14,17,21,25-29,34-36H,4,8-11,15-16,18-20H2,1-3,5-7H3/b17-12+,23-13+,24-14-/t21-,25-,26-,27+,28+,29-,32-/m1/s1. The van der Waals surface area contributed by atoms with Crippen molar-refractivity contribution in [1.29, 1.82) is 0 Å². The molecule has 7 atom stereocenters. The molecule has 0 radical (unpaired) electrons. The van der Waals surface area contributed by atoms with Gasteiger partial charge in [-0.25, -0.2) is 4.79 Å². The fourth-order valence-electron chi connectivity index (χ4n) is 7.09. The van der Waals surface area contributed by atoms with E-state index in [-0.39, 0.29) is 11.3 Å². The zero-order valence-electron chi connectivity index (χ0n) is 24.4. The third kappa shape index (κ3) is 6.63. The molecule has 0 saturated heterocycles. The zero-order valence-corrected chi connectivity index (χ0v) is 24.4. The Morgan fingerprint density at radius 1 is 1.21 bits per heavy atom. The van der Waals surface area contributed by atoms with Crippen molar-refractivity contribution >= 4 is 6.09 Å². The molecule has 6 heteroatoms. The summed E-state index contributed by atoms with van der Waals surface area (Å²) in [4.78, 5) is 14.0. The number of nitrogens with zero attached hydrogens (tertiary/aromatic N) is 1. The number of rotatable bonds is 8. The van der Waals surface area contributed by atoms with E-state index in [4.69, 9.17) is 4.74 Å². The van der Waals surface area contributed by atoms with Crippen LogP contribution in [0.4, 0.5) is 4.79 Å². The van der Waals surface area contributed by atoms with Crippen molar-refractivity contribution in [2.24, 2.45) is 23.2 Å². The lowest BCUT2D eigenvalue weighted by Crippen LogP contribution is -2.44. The van der Waals surface area contributed by atoms with Gasteiger partial charge in [0.25, 0.3) is 0 Å². The number of ether oxygens (including phenoxy) is 1. The molecule has 0 spiro atoms. The second-order valence-electron chi connectivity index (χ2n) is 12.5. The minimum absolute atomic E-state index is 0.185. The normalized spacial score (nSPS) is 34.0. The summed E-state index contributed by atoms with van der Waals surface area (Å²) >= 11 is 0. The van der Waals surface area contributed by atoms with Crippen LogP contribution >= 0.6 is 0 Å². The lowest BCUT2D eigenvalue weighted by molar-refractivity contribution is -0.0489. The Labute approximate surface area is 230 Å². The SMILES string of the molecule is C=C1/C(=C\C=C2/CCC[C@]3(C)[C@@H]([C@H](C)/C=C/[C@@H](O)C(C)(C)OC(=O)N(CC)CC)CC[C@@H]23)C[C@@H](O)C[C@@H]1O. The number of amides is 1. The van der Waals surface area contributed by atoms with Crippen molar-refractivity contribution in [3.8, 4) is 0 Å². The number of carbonyl (C=O) groups is 1. The van der Waals surface area contributed by atoms with Crippen LogP contribution in [0.2, 0.25) is 0 Å². The van der Waals surface area contributed by atoms with E-state index in [0.29, 0.717) is 37.8 Å². The van der Waals surface area contributed by atoms with Gasteiger partial charge in [-0.3, -0.25) is 0 Å². The monoisotopic (exact) mass is 529 g/mol. The van der Waals surface area contributed by atoms with E-state index in [0.717, 1.165) is 36.8 Å². The molecule has 1 amide bonds. The van der Waals surface area contributed by atoms with Gasteiger partial charge >= 0.3 is 6.09 Å². The number of allylic oxidation sites excluding steroid dienone is 4. The molecule has 3 aliphatic rings. The zero-order chi connectivity index (χ0) is 28.3. The molecular formula is C32H51NO5. The summed E-state index contributed by atoms with van der Waals surface area (Å²) in [6.07, 6.45) is 12.4. The molecule has 3 aliphatic carbocycles. The highest BCUT2D eigenvalue weighted by Gasteiger charge is 2.50. The van der Waals surface area contributed by atoms with Crippen molar-refractivity contribution in [3.05, 3.63) is 47.6 Å². The second-order valence-corrected chi connectivity index (χ2v) is 12.5. The first-order valence-corrected chi connectivity index (χ1v) is 14.6. The van der Waals surface area contributed by atoms with E-state index in [2.05, 4.69) is 38.7 Å². The molecule has 0 aliphatic heterocycles. The lowest BCUT2D eigenvalue weighted by atomic mass is 9.61. The number of aliphatic hydroxyl groups is 3. The number of hydrogen-bond acceptors (Lipinski definition) is 5. The number of fused-ring (bicyclic) bond motifs is 1. The van der Waals surface area contributed by atoms with Crippen LogP contribution < -0.4 is 0 Å². The molecule has 0 aromatic carbocycles. The van der Waals surface area contributed by atoms with Gasteiger partial charge in [0.05, 0.1) is 12.2 Å². The van der Waals surface area contributed by atoms with Crippen LogP contribution in [0.1, 0.15) is 86.5 Å². The molecule has 3 rings (SSSR count). The average molecular weight is 530 g/mol. The van der Waals surface area contributed by atoms with E-state index in [9.17, 15) is 20.1 Å². The highest BCUT2D eigenvalue weighted by atomic mass is 16.6. The molecule has 0 aromatic heterocycles. The third-order valence-electron chi connectivity index (χ3n) is 9.62. The Hall–Kier alpha value is -1.89. The first-order valence-electron chi connectivity index (χ1n) is 14.6. The predicted octanol–water partition coefficient (Wildman–Crippen LogP) is 5.94. The molecule has 3 N–H and O–H groups in total. The molecular weight excluding hydrogens is 478 g/mol. The Bertz CT molecular complexity index is 945. The fraction of sp³-hybridized carbons (Fsp3) is 0.719. The summed E-state index contributed by atoms with van der Waals surface area (Å²) in [5.41, 5.74) is 2.33. The fourth-order valence-corrected chi connectivity index (χ4v) is 7.09. The quantitative estimate of drug-likeness (QED) is 0.339. The smallest absolute Gasteiger partial charge is 0.410 e. The van der Waals surface area contributed by atoms with Crippen molar-refractivity contribution in [2.45, 2.75) is 110 Å². The Kier molecular flexibility index (Phi) is 10.1. The summed E-state index contributed by atoms with van der Waals surface area (Å²) in [5.74, 6) is 1.30. The first-order chi connectivity index (χ1) is 17.8. The molecule has 0 bridgehead atoms. The largest absolute Gasteiger partial charge is 0.440 e. The minimum Gasteiger partial charge on any atom is -0.440 e. The maximum Gasteiger partial charge on any atom is 0.410 e. The lowest BCUT2D eigenvalue weighted by Gasteiger charge is -2.44. The van der Waals surface area contributed by atoms with Gasteiger partial charge in [0, 0.05) is 19.5 Å². The van der Waals surface area contributed by atoms with Gasteiger partial charge in [0.15, 0.2) is 0 Å². The van der Waals surface area contributed by atoms with Crippen LogP contribution in [-0.2, 0) is 4.74 Å². The summed E-state index contributed by atoms with van der Waals surface area (Å²) in [5, 5.41) is 31.2. The molecule has 0 aromatic rings. The molecule has 3 saturated carbocycles. The van der Waals surface area contributed by atoms with Gasteiger partial charge in [0.2, 0.25) is 0 Å². The predicted molar refractivity (Wildman–Crippen MR) is 153 cm³/mol.